The van der Waals surface area contributed by atoms with E-state index in [4.69, 9.17) is 0 Å². The van der Waals surface area contributed by atoms with Crippen LogP contribution < -0.4 is 9.79 Å². The first kappa shape index (κ1) is 52.3. The standard InChI is InChI=1S/2C20H43O2P.Fe/c2*1-5-7-9-11-13-15-17-19(3)23(21,22)20(4)18-16-14-12-10-8-6-2;/h2*19-20H,5-18H2,1-4H3,(H,21,22);/q;;+2/p-2. The van der Waals surface area contributed by atoms with Crippen molar-refractivity contribution in [3.05, 3.63) is 0 Å². The molecule has 4 nitrogen and oxygen atoms in total. The zero-order valence-corrected chi connectivity index (χ0v) is 35.9. The monoisotopic (exact) mass is 747 g/mol. The van der Waals surface area contributed by atoms with E-state index in [0.717, 1.165) is 51.4 Å². The van der Waals surface area contributed by atoms with Crippen LogP contribution in [0.5, 0.6) is 0 Å². The summed E-state index contributed by atoms with van der Waals surface area (Å²) < 4.78 is 25.2. The van der Waals surface area contributed by atoms with Gasteiger partial charge >= 0.3 is 17.1 Å². The van der Waals surface area contributed by atoms with Gasteiger partial charge in [-0.05, 0) is 48.3 Å². The van der Waals surface area contributed by atoms with E-state index in [-0.39, 0.29) is 39.7 Å². The Morgan fingerprint density at radius 1 is 0.340 bits per heavy atom. The van der Waals surface area contributed by atoms with E-state index in [1.807, 2.05) is 27.7 Å². The molecule has 0 radical (unpaired) electrons. The van der Waals surface area contributed by atoms with Gasteiger partial charge in [0.25, 0.3) is 0 Å². The minimum atomic E-state index is -3.25. The molecular formula is C40H84FeO4P2. The van der Waals surface area contributed by atoms with Crippen molar-refractivity contribution in [3.63, 3.8) is 0 Å². The molecule has 286 valence electrons. The summed E-state index contributed by atoms with van der Waals surface area (Å²) in [4.78, 5) is 25.2. The van der Waals surface area contributed by atoms with Crippen molar-refractivity contribution >= 4 is 14.7 Å². The fourth-order valence-corrected chi connectivity index (χ4v) is 10.4. The fourth-order valence-electron chi connectivity index (χ4n) is 6.47. The maximum absolute atomic E-state index is 12.6. The summed E-state index contributed by atoms with van der Waals surface area (Å²) in [6.45, 7) is 16.6. The average Bonchev–Trinajstić information content (AvgIpc) is 3.03. The van der Waals surface area contributed by atoms with E-state index in [0.29, 0.717) is 0 Å². The second kappa shape index (κ2) is 35.3. The Hall–Kier alpha value is 0.899. The molecular weight excluding hydrogens is 662 g/mol. The predicted molar refractivity (Wildman–Crippen MR) is 205 cm³/mol. The van der Waals surface area contributed by atoms with Gasteiger partial charge in [0.1, 0.15) is 0 Å². The van der Waals surface area contributed by atoms with Gasteiger partial charge in [-0.15, -0.1) is 0 Å². The Bertz CT molecular complexity index is 623. The summed E-state index contributed by atoms with van der Waals surface area (Å²) in [6.07, 6.45) is 33.0. The van der Waals surface area contributed by atoms with Crippen LogP contribution in [0.3, 0.4) is 0 Å². The molecule has 0 heterocycles. The molecule has 0 aliphatic heterocycles. The van der Waals surface area contributed by atoms with Crippen molar-refractivity contribution in [2.24, 2.45) is 0 Å². The van der Waals surface area contributed by atoms with Gasteiger partial charge in [0.05, 0.1) is 0 Å². The summed E-state index contributed by atoms with van der Waals surface area (Å²) in [7, 11) is -6.49. The molecule has 4 unspecified atom stereocenters. The van der Waals surface area contributed by atoms with Crippen LogP contribution in [0.25, 0.3) is 0 Å². The van der Waals surface area contributed by atoms with Crippen molar-refractivity contribution in [3.8, 4) is 0 Å². The second-order valence-electron chi connectivity index (χ2n) is 14.9. The van der Waals surface area contributed by atoms with Crippen LogP contribution in [0.4, 0.5) is 0 Å². The van der Waals surface area contributed by atoms with E-state index in [2.05, 4.69) is 27.7 Å². The van der Waals surface area contributed by atoms with E-state index < -0.39 is 14.7 Å². The van der Waals surface area contributed by atoms with Crippen LogP contribution in [0.2, 0.25) is 0 Å². The number of unbranched alkanes of at least 4 members (excludes halogenated alkanes) is 20. The van der Waals surface area contributed by atoms with Gasteiger partial charge in [-0.1, -0.05) is 209 Å². The van der Waals surface area contributed by atoms with Crippen molar-refractivity contribution in [1.82, 2.24) is 0 Å². The van der Waals surface area contributed by atoms with Crippen LogP contribution in [-0.2, 0) is 26.2 Å². The fraction of sp³-hybridized carbons (Fsp3) is 1.00. The Balaban J connectivity index is -0.000000807. The molecule has 0 aromatic rings. The SMILES string of the molecule is CCCCCCCCC(C)P(=O)([O-])C(C)CCCCCCCC.CCCCCCCCC(C)P(=O)([O-])C(C)CCCCCCCC.[Fe+2]. The first-order valence-electron chi connectivity index (χ1n) is 20.5. The Labute approximate surface area is 307 Å². The smallest absolute Gasteiger partial charge is 0.799 e. The number of rotatable bonds is 32. The zero-order valence-electron chi connectivity index (χ0n) is 33.0. The topological polar surface area (TPSA) is 80.3 Å². The molecule has 0 aromatic carbocycles. The quantitative estimate of drug-likeness (QED) is 0.0390. The van der Waals surface area contributed by atoms with Gasteiger partial charge in [-0.3, -0.25) is 0 Å². The predicted octanol–water partition coefficient (Wildman–Crippen LogP) is 13.8. The third-order valence-corrected chi connectivity index (χ3v) is 16.3. The third kappa shape index (κ3) is 29.2. The summed E-state index contributed by atoms with van der Waals surface area (Å²) in [5.74, 6) is 0. The molecule has 0 bridgehead atoms. The van der Waals surface area contributed by atoms with E-state index in [1.54, 1.807) is 0 Å². The van der Waals surface area contributed by atoms with Gasteiger partial charge in [0.2, 0.25) is 0 Å². The molecule has 0 fully saturated rings. The maximum atomic E-state index is 12.6. The molecule has 0 amide bonds. The van der Waals surface area contributed by atoms with Crippen molar-refractivity contribution < 1.29 is 36.0 Å². The van der Waals surface area contributed by atoms with Gasteiger partial charge in [0.15, 0.2) is 0 Å². The summed E-state index contributed by atoms with van der Waals surface area (Å²) in [5.41, 5.74) is -0.542. The van der Waals surface area contributed by atoms with Crippen LogP contribution in [-0.4, -0.2) is 22.6 Å². The molecule has 0 saturated heterocycles. The molecule has 0 aliphatic rings. The molecule has 7 heteroatoms. The van der Waals surface area contributed by atoms with E-state index in [1.165, 1.54) is 128 Å². The van der Waals surface area contributed by atoms with Crippen molar-refractivity contribution in [2.75, 3.05) is 0 Å². The van der Waals surface area contributed by atoms with Gasteiger partial charge in [-0.2, -0.15) is 0 Å². The van der Waals surface area contributed by atoms with Crippen LogP contribution in [0, 0.1) is 0 Å². The zero-order chi connectivity index (χ0) is 35.1. The largest absolute Gasteiger partial charge is 2.00 e. The summed E-state index contributed by atoms with van der Waals surface area (Å²) in [6, 6.07) is 0. The summed E-state index contributed by atoms with van der Waals surface area (Å²) in [5, 5.41) is 0. The molecule has 0 aliphatic carbocycles. The van der Waals surface area contributed by atoms with Crippen LogP contribution >= 0.6 is 14.7 Å². The Kier molecular flexibility index (Phi) is 39.3. The van der Waals surface area contributed by atoms with Crippen LogP contribution in [0.15, 0.2) is 0 Å². The average molecular weight is 747 g/mol. The van der Waals surface area contributed by atoms with E-state index >= 15 is 0 Å². The molecule has 0 rings (SSSR count). The molecule has 0 N–H and O–H groups in total. The van der Waals surface area contributed by atoms with Gasteiger partial charge in [-0.25, -0.2) is 0 Å². The molecule has 47 heavy (non-hydrogen) atoms. The first-order valence-corrected chi connectivity index (χ1v) is 24.1. The molecule has 0 saturated carbocycles. The Morgan fingerprint density at radius 3 is 0.660 bits per heavy atom. The maximum Gasteiger partial charge on any atom is 2.00 e. The summed E-state index contributed by atoms with van der Waals surface area (Å²) >= 11 is 0. The van der Waals surface area contributed by atoms with Crippen molar-refractivity contribution in [2.45, 2.75) is 258 Å². The normalized spacial score (nSPS) is 16.6. The third-order valence-electron chi connectivity index (χ3n) is 10.4. The van der Waals surface area contributed by atoms with Gasteiger partial charge < -0.3 is 18.9 Å². The minimum absolute atomic E-state index is 0. The van der Waals surface area contributed by atoms with Crippen molar-refractivity contribution in [1.29, 1.82) is 0 Å². The first-order chi connectivity index (χ1) is 21.9. The van der Waals surface area contributed by atoms with Gasteiger partial charge in [0, 0.05) is 14.7 Å². The Morgan fingerprint density at radius 2 is 0.489 bits per heavy atom. The number of hydrogen-bond donors (Lipinski definition) is 0. The van der Waals surface area contributed by atoms with E-state index in [9.17, 15) is 18.9 Å². The second-order valence-corrected chi connectivity index (χ2v) is 21.0. The molecule has 0 spiro atoms. The number of hydrogen-bond acceptors (Lipinski definition) is 4. The molecule has 4 atom stereocenters. The molecule has 0 aromatic heterocycles. The minimum Gasteiger partial charge on any atom is -0.799 e. The van der Waals surface area contributed by atoms with Crippen LogP contribution in [0.1, 0.15) is 235 Å².